The van der Waals surface area contributed by atoms with E-state index in [9.17, 15) is 19.8 Å². The summed E-state index contributed by atoms with van der Waals surface area (Å²) in [7, 11) is 1.39. The third kappa shape index (κ3) is 2.05. The molecular weight excluding hydrogens is 276 g/mol. The maximum absolute atomic E-state index is 12.6. The lowest BCUT2D eigenvalue weighted by molar-refractivity contribution is 0.0747. The molecule has 1 aromatic rings. The number of carbonyl (C=O) groups is 2. The minimum atomic E-state index is -1.14. The van der Waals surface area contributed by atoms with Gasteiger partial charge in [0, 0.05) is 19.2 Å². The Hall–Kier alpha value is -2.44. The van der Waals surface area contributed by atoms with Crippen molar-refractivity contribution in [1.29, 1.82) is 0 Å². The first-order valence-electron chi connectivity index (χ1n) is 6.75. The van der Waals surface area contributed by atoms with Gasteiger partial charge in [0.05, 0.1) is 24.4 Å². The third-order valence-corrected chi connectivity index (χ3v) is 4.08. The molecule has 0 unspecified atom stereocenters. The maximum atomic E-state index is 12.6. The molecule has 1 saturated heterocycles. The Morgan fingerprint density at radius 1 is 1.43 bits per heavy atom. The molecule has 3 rings (SSSR count). The second kappa shape index (κ2) is 4.83. The first-order valence-corrected chi connectivity index (χ1v) is 6.75. The van der Waals surface area contributed by atoms with Crippen molar-refractivity contribution in [2.45, 2.75) is 18.9 Å². The Kier molecular flexibility index (Phi) is 3.12. The van der Waals surface area contributed by atoms with Crippen LogP contribution in [0, 0.1) is 0 Å². The normalized spacial score (nSPS) is 20.8. The van der Waals surface area contributed by atoms with Crippen LogP contribution in [0.5, 0.6) is 11.5 Å². The fraction of sp³-hybridized carbons (Fsp3) is 0.429. The summed E-state index contributed by atoms with van der Waals surface area (Å²) in [6.45, 7) is 0.847. The predicted molar refractivity (Wildman–Crippen MR) is 74.1 cm³/mol. The summed E-state index contributed by atoms with van der Waals surface area (Å²) in [5.74, 6) is -0.239. The molecule has 21 heavy (non-hydrogen) atoms. The highest BCUT2D eigenvalue weighted by molar-refractivity contribution is 6.05. The van der Waals surface area contributed by atoms with Gasteiger partial charge in [0.2, 0.25) is 0 Å². The molecule has 0 aromatic heterocycles. The zero-order chi connectivity index (χ0) is 15.1. The van der Waals surface area contributed by atoms with Gasteiger partial charge in [-0.15, -0.1) is 0 Å². The SMILES string of the molecule is COc1cc2c(cc1O)N(C(=O)O)C[C@@H]1CCCN1C2=O. The monoisotopic (exact) mass is 292 g/mol. The van der Waals surface area contributed by atoms with Gasteiger partial charge in [-0.3, -0.25) is 9.69 Å². The van der Waals surface area contributed by atoms with Crippen LogP contribution < -0.4 is 9.64 Å². The molecule has 2 amide bonds. The van der Waals surface area contributed by atoms with Crippen LogP contribution in [0.2, 0.25) is 0 Å². The number of hydrogen-bond donors (Lipinski definition) is 2. The number of fused-ring (bicyclic) bond motifs is 2. The molecule has 0 bridgehead atoms. The number of phenols is 1. The number of ether oxygens (including phenoxy) is 1. The first-order chi connectivity index (χ1) is 10.0. The molecule has 7 heteroatoms. The molecule has 0 radical (unpaired) electrons. The molecule has 1 atom stereocenters. The molecule has 2 heterocycles. The largest absolute Gasteiger partial charge is 0.504 e. The third-order valence-electron chi connectivity index (χ3n) is 4.08. The Labute approximate surface area is 121 Å². The van der Waals surface area contributed by atoms with Crippen LogP contribution in [0.4, 0.5) is 10.5 Å². The summed E-state index contributed by atoms with van der Waals surface area (Å²) in [6, 6.07) is 2.57. The number of hydrogen-bond acceptors (Lipinski definition) is 4. The topological polar surface area (TPSA) is 90.3 Å². The Morgan fingerprint density at radius 2 is 2.19 bits per heavy atom. The number of rotatable bonds is 1. The number of amides is 2. The van der Waals surface area contributed by atoms with Gasteiger partial charge in [-0.2, -0.15) is 0 Å². The minimum absolute atomic E-state index is 0.117. The number of methoxy groups -OCH3 is 1. The zero-order valence-electron chi connectivity index (χ0n) is 11.6. The van der Waals surface area contributed by atoms with Crippen molar-refractivity contribution in [3.63, 3.8) is 0 Å². The summed E-state index contributed by atoms with van der Waals surface area (Å²) in [4.78, 5) is 27.0. The van der Waals surface area contributed by atoms with Crippen LogP contribution in [-0.2, 0) is 0 Å². The fourth-order valence-corrected chi connectivity index (χ4v) is 3.05. The second-order valence-corrected chi connectivity index (χ2v) is 5.23. The van der Waals surface area contributed by atoms with Crippen molar-refractivity contribution in [3.8, 4) is 11.5 Å². The first kappa shape index (κ1) is 13.5. The molecule has 0 aliphatic carbocycles. The van der Waals surface area contributed by atoms with E-state index in [1.54, 1.807) is 4.90 Å². The number of carboxylic acid groups (broad SMARTS) is 1. The zero-order valence-corrected chi connectivity index (χ0v) is 11.6. The van der Waals surface area contributed by atoms with Crippen LogP contribution in [-0.4, -0.2) is 53.4 Å². The molecule has 1 fully saturated rings. The van der Waals surface area contributed by atoms with E-state index in [-0.39, 0.29) is 41.2 Å². The lowest BCUT2D eigenvalue weighted by Crippen LogP contribution is -2.41. The highest BCUT2D eigenvalue weighted by Gasteiger charge is 2.38. The predicted octanol–water partition coefficient (Wildman–Crippen LogP) is 1.50. The quantitative estimate of drug-likeness (QED) is 0.818. The Balaban J connectivity index is 2.18. The van der Waals surface area contributed by atoms with E-state index in [2.05, 4.69) is 0 Å². The fourth-order valence-electron chi connectivity index (χ4n) is 3.05. The second-order valence-electron chi connectivity index (χ2n) is 5.23. The molecule has 2 N–H and O–H groups in total. The summed E-state index contributed by atoms with van der Waals surface area (Å²) in [6.07, 6.45) is 0.517. The number of aromatic hydroxyl groups is 1. The lowest BCUT2D eigenvalue weighted by atomic mass is 10.1. The van der Waals surface area contributed by atoms with Gasteiger partial charge in [-0.25, -0.2) is 4.79 Å². The van der Waals surface area contributed by atoms with E-state index in [0.29, 0.717) is 6.54 Å². The number of benzene rings is 1. The molecule has 2 aliphatic rings. The van der Waals surface area contributed by atoms with E-state index >= 15 is 0 Å². The molecule has 0 saturated carbocycles. The van der Waals surface area contributed by atoms with E-state index in [1.165, 1.54) is 19.2 Å². The number of anilines is 1. The van der Waals surface area contributed by atoms with Gasteiger partial charge in [-0.1, -0.05) is 0 Å². The van der Waals surface area contributed by atoms with Gasteiger partial charge in [0.1, 0.15) is 0 Å². The molecule has 7 nitrogen and oxygen atoms in total. The van der Waals surface area contributed by atoms with Gasteiger partial charge in [0.25, 0.3) is 5.91 Å². The van der Waals surface area contributed by atoms with Crippen molar-refractivity contribution in [2.75, 3.05) is 25.1 Å². The number of phenolic OH excluding ortho intramolecular Hbond substituents is 1. The number of carbonyl (C=O) groups excluding carboxylic acids is 1. The van der Waals surface area contributed by atoms with Gasteiger partial charge < -0.3 is 19.8 Å². The molecule has 112 valence electrons. The summed E-state index contributed by atoms with van der Waals surface area (Å²) >= 11 is 0. The molecule has 2 aliphatic heterocycles. The van der Waals surface area contributed by atoms with Crippen molar-refractivity contribution >= 4 is 17.7 Å². The summed E-state index contributed by atoms with van der Waals surface area (Å²) < 4.78 is 5.02. The summed E-state index contributed by atoms with van der Waals surface area (Å²) in [5.41, 5.74) is 0.455. The van der Waals surface area contributed by atoms with Gasteiger partial charge >= 0.3 is 6.09 Å². The van der Waals surface area contributed by atoms with Crippen LogP contribution in [0.25, 0.3) is 0 Å². The smallest absolute Gasteiger partial charge is 0.411 e. The van der Waals surface area contributed by atoms with Crippen LogP contribution >= 0.6 is 0 Å². The van der Waals surface area contributed by atoms with E-state index in [1.807, 2.05) is 0 Å². The van der Waals surface area contributed by atoms with E-state index < -0.39 is 6.09 Å². The van der Waals surface area contributed by atoms with Gasteiger partial charge in [0.15, 0.2) is 11.5 Å². The highest BCUT2D eigenvalue weighted by atomic mass is 16.5. The van der Waals surface area contributed by atoms with Crippen molar-refractivity contribution < 1.29 is 24.5 Å². The molecular formula is C14H16N2O5. The maximum Gasteiger partial charge on any atom is 0.411 e. The van der Waals surface area contributed by atoms with Crippen molar-refractivity contribution in [1.82, 2.24) is 4.90 Å². The standard InChI is InChI=1S/C14H16N2O5/c1-21-12-5-9-10(6-11(12)17)16(14(19)20)7-8-3-2-4-15(8)13(9)18/h5-6,8,17H,2-4,7H2,1H3,(H,19,20)/t8-/m0/s1. The number of nitrogens with zero attached hydrogens (tertiary/aromatic N) is 2. The van der Waals surface area contributed by atoms with Crippen molar-refractivity contribution in [3.05, 3.63) is 17.7 Å². The van der Waals surface area contributed by atoms with E-state index in [4.69, 9.17) is 4.74 Å². The van der Waals surface area contributed by atoms with Crippen molar-refractivity contribution in [2.24, 2.45) is 0 Å². The van der Waals surface area contributed by atoms with Gasteiger partial charge in [-0.05, 0) is 18.9 Å². The van der Waals surface area contributed by atoms with Crippen LogP contribution in [0.3, 0.4) is 0 Å². The Morgan fingerprint density at radius 3 is 2.86 bits per heavy atom. The highest BCUT2D eigenvalue weighted by Crippen LogP contribution is 2.38. The van der Waals surface area contributed by atoms with E-state index in [0.717, 1.165) is 17.7 Å². The lowest BCUT2D eigenvalue weighted by Gasteiger charge is -2.24. The van der Waals surface area contributed by atoms with Crippen LogP contribution in [0.15, 0.2) is 12.1 Å². The van der Waals surface area contributed by atoms with Crippen LogP contribution in [0.1, 0.15) is 23.2 Å². The molecule has 0 spiro atoms. The summed E-state index contributed by atoms with van der Waals surface area (Å²) in [5, 5.41) is 19.3. The average Bonchev–Trinajstić information content (AvgIpc) is 2.87. The average molecular weight is 292 g/mol. The minimum Gasteiger partial charge on any atom is -0.504 e. The molecule has 1 aromatic carbocycles. The Bertz CT molecular complexity index is 616.